The van der Waals surface area contributed by atoms with E-state index in [1.807, 2.05) is 49.5 Å². The summed E-state index contributed by atoms with van der Waals surface area (Å²) in [4.78, 5) is 16.3. The van der Waals surface area contributed by atoms with Gasteiger partial charge in [0.05, 0.1) is 16.3 Å². The first kappa shape index (κ1) is 19.1. The van der Waals surface area contributed by atoms with Crippen molar-refractivity contribution in [1.29, 1.82) is 0 Å². The highest BCUT2D eigenvalue weighted by molar-refractivity contribution is 7.16. The fourth-order valence-electron chi connectivity index (χ4n) is 2.47. The summed E-state index contributed by atoms with van der Waals surface area (Å²) in [5, 5.41) is 10.2. The molecule has 1 N–H and O–H groups in total. The van der Waals surface area contributed by atoms with Crippen molar-refractivity contribution < 1.29 is 14.6 Å². The Labute approximate surface area is 166 Å². The van der Waals surface area contributed by atoms with E-state index in [4.69, 9.17) is 21.4 Å². The highest BCUT2D eigenvalue weighted by Gasteiger charge is 2.07. The van der Waals surface area contributed by atoms with E-state index in [9.17, 15) is 4.79 Å². The van der Waals surface area contributed by atoms with Crippen LogP contribution in [-0.4, -0.2) is 22.7 Å². The van der Waals surface area contributed by atoms with Crippen LogP contribution in [0.1, 0.15) is 17.4 Å². The maximum atomic E-state index is 10.8. The van der Waals surface area contributed by atoms with E-state index in [1.54, 1.807) is 29.5 Å². The molecule has 3 aromatic rings. The number of hydrogen-bond donors (Lipinski definition) is 1. The number of allylic oxidation sites excluding steroid dienone is 1. The lowest BCUT2D eigenvalue weighted by atomic mass is 10.1. The molecular weight excluding hydrogens is 382 g/mol. The van der Waals surface area contributed by atoms with Gasteiger partial charge >= 0.3 is 5.97 Å². The summed E-state index contributed by atoms with van der Waals surface area (Å²) in [6, 6.07) is 15.1. The number of carboxylic acid groups (broad SMARTS) is 1. The topological polar surface area (TPSA) is 59.4 Å². The Balaban J connectivity index is 1.63. The molecule has 0 saturated heterocycles. The number of rotatable bonds is 7. The molecule has 0 bridgehead atoms. The number of hydrogen-bond acceptors (Lipinski definition) is 4. The van der Waals surface area contributed by atoms with Gasteiger partial charge in [-0.1, -0.05) is 48.0 Å². The second-order valence-electron chi connectivity index (χ2n) is 5.93. The Hall–Kier alpha value is -2.63. The van der Waals surface area contributed by atoms with Crippen molar-refractivity contribution in [2.75, 3.05) is 6.61 Å². The first-order valence-corrected chi connectivity index (χ1v) is 9.54. The minimum Gasteiger partial charge on any atom is -0.488 e. The summed E-state index contributed by atoms with van der Waals surface area (Å²) in [6.45, 7) is 2.38. The Morgan fingerprint density at radius 3 is 2.74 bits per heavy atom. The van der Waals surface area contributed by atoms with E-state index >= 15 is 0 Å². The van der Waals surface area contributed by atoms with Crippen LogP contribution in [0.3, 0.4) is 0 Å². The van der Waals surface area contributed by atoms with Gasteiger partial charge in [0, 0.05) is 11.8 Å². The zero-order valence-corrected chi connectivity index (χ0v) is 16.3. The smallest absolute Gasteiger partial charge is 0.307 e. The highest BCUT2D eigenvalue weighted by Crippen LogP contribution is 2.29. The standard InChI is InChI=1S/C21H18ClNO3S/c1-14(19-13-23-21(27-19)16-5-3-2-4-6-16)9-10-26-18-8-7-15(11-17(18)22)12-20(24)25/h2-9,11,13H,10,12H2,1H3,(H,24,25)/b14-9+. The Kier molecular flexibility index (Phi) is 6.27. The number of nitrogens with zero attached hydrogens (tertiary/aromatic N) is 1. The molecule has 0 aliphatic heterocycles. The maximum Gasteiger partial charge on any atom is 0.307 e. The number of carbonyl (C=O) groups is 1. The highest BCUT2D eigenvalue weighted by atomic mass is 35.5. The van der Waals surface area contributed by atoms with E-state index < -0.39 is 5.97 Å². The summed E-state index contributed by atoms with van der Waals surface area (Å²) >= 11 is 7.80. The molecule has 0 aliphatic carbocycles. The van der Waals surface area contributed by atoms with E-state index in [0.717, 1.165) is 21.0 Å². The number of benzene rings is 2. The van der Waals surface area contributed by atoms with Crippen molar-refractivity contribution >= 4 is 34.5 Å². The molecule has 1 heterocycles. The molecule has 0 aliphatic rings. The normalized spacial score (nSPS) is 11.4. The molecule has 3 rings (SSSR count). The van der Waals surface area contributed by atoms with Crippen LogP contribution in [0.4, 0.5) is 0 Å². The van der Waals surface area contributed by atoms with Crippen LogP contribution in [0.25, 0.3) is 16.1 Å². The first-order valence-electron chi connectivity index (χ1n) is 8.34. The monoisotopic (exact) mass is 399 g/mol. The van der Waals surface area contributed by atoms with Crippen molar-refractivity contribution in [2.45, 2.75) is 13.3 Å². The summed E-state index contributed by atoms with van der Waals surface area (Å²) in [5.74, 6) is -0.359. The number of aliphatic carboxylic acids is 1. The van der Waals surface area contributed by atoms with Gasteiger partial charge in [-0.2, -0.15) is 0 Å². The zero-order valence-electron chi connectivity index (χ0n) is 14.7. The summed E-state index contributed by atoms with van der Waals surface area (Å²) < 4.78 is 5.71. The van der Waals surface area contributed by atoms with Gasteiger partial charge in [-0.05, 0) is 36.3 Å². The first-order chi connectivity index (χ1) is 13.0. The Bertz CT molecular complexity index is 967. The van der Waals surface area contributed by atoms with Crippen LogP contribution in [0.5, 0.6) is 5.75 Å². The molecule has 0 unspecified atom stereocenters. The van der Waals surface area contributed by atoms with Gasteiger partial charge in [-0.3, -0.25) is 4.79 Å². The molecule has 0 fully saturated rings. The van der Waals surface area contributed by atoms with E-state index in [0.29, 0.717) is 22.9 Å². The predicted octanol–water partition coefficient (Wildman–Crippen LogP) is 5.57. The van der Waals surface area contributed by atoms with Crippen molar-refractivity contribution in [2.24, 2.45) is 0 Å². The molecule has 2 aromatic carbocycles. The molecule has 0 spiro atoms. The lowest BCUT2D eigenvalue weighted by Gasteiger charge is -2.07. The average Bonchev–Trinajstić information content (AvgIpc) is 3.14. The minimum atomic E-state index is -0.891. The van der Waals surface area contributed by atoms with Crippen LogP contribution < -0.4 is 4.74 Å². The van der Waals surface area contributed by atoms with Crippen LogP contribution in [0.15, 0.2) is 60.8 Å². The quantitative estimate of drug-likeness (QED) is 0.564. The summed E-state index contributed by atoms with van der Waals surface area (Å²) in [6.07, 6.45) is 3.78. The third-order valence-electron chi connectivity index (χ3n) is 3.90. The lowest BCUT2D eigenvalue weighted by molar-refractivity contribution is -0.136. The van der Waals surface area contributed by atoms with E-state index in [2.05, 4.69) is 4.98 Å². The van der Waals surface area contributed by atoms with Crippen molar-refractivity contribution in [3.05, 3.63) is 76.3 Å². The van der Waals surface area contributed by atoms with Gasteiger partial charge in [-0.25, -0.2) is 4.98 Å². The van der Waals surface area contributed by atoms with E-state index in [-0.39, 0.29) is 6.42 Å². The lowest BCUT2D eigenvalue weighted by Crippen LogP contribution is -2.01. The van der Waals surface area contributed by atoms with Gasteiger partial charge in [-0.15, -0.1) is 11.3 Å². The van der Waals surface area contributed by atoms with Gasteiger partial charge < -0.3 is 9.84 Å². The van der Waals surface area contributed by atoms with Crippen LogP contribution in [0, 0.1) is 0 Å². The number of aromatic nitrogens is 1. The van der Waals surface area contributed by atoms with Crippen LogP contribution in [-0.2, 0) is 11.2 Å². The fourth-order valence-corrected chi connectivity index (χ4v) is 3.65. The second-order valence-corrected chi connectivity index (χ2v) is 7.37. The van der Waals surface area contributed by atoms with Crippen LogP contribution in [0.2, 0.25) is 5.02 Å². The largest absolute Gasteiger partial charge is 0.488 e. The number of halogens is 1. The minimum absolute atomic E-state index is 0.0614. The van der Waals surface area contributed by atoms with Gasteiger partial charge in [0.2, 0.25) is 0 Å². The number of ether oxygens (including phenoxy) is 1. The Morgan fingerprint density at radius 2 is 2.04 bits per heavy atom. The number of carboxylic acids is 1. The molecule has 0 atom stereocenters. The fraction of sp³-hybridized carbons (Fsp3) is 0.143. The molecule has 0 amide bonds. The zero-order chi connectivity index (χ0) is 19.2. The summed E-state index contributed by atoms with van der Waals surface area (Å²) in [5.41, 5.74) is 2.82. The molecular formula is C21H18ClNO3S. The SMILES string of the molecule is C/C(=C\COc1ccc(CC(=O)O)cc1Cl)c1cnc(-c2ccccc2)s1. The summed E-state index contributed by atoms with van der Waals surface area (Å²) in [7, 11) is 0. The predicted molar refractivity (Wildman–Crippen MR) is 109 cm³/mol. The molecule has 4 nitrogen and oxygen atoms in total. The van der Waals surface area contributed by atoms with Gasteiger partial charge in [0.25, 0.3) is 0 Å². The van der Waals surface area contributed by atoms with Crippen molar-refractivity contribution in [3.63, 3.8) is 0 Å². The number of thiazole rings is 1. The molecule has 0 radical (unpaired) electrons. The Morgan fingerprint density at radius 1 is 1.26 bits per heavy atom. The maximum absolute atomic E-state index is 10.8. The van der Waals surface area contributed by atoms with E-state index in [1.165, 1.54) is 0 Å². The molecule has 1 aromatic heterocycles. The molecule has 27 heavy (non-hydrogen) atoms. The molecule has 6 heteroatoms. The van der Waals surface area contributed by atoms with Crippen molar-refractivity contribution in [3.8, 4) is 16.3 Å². The molecule has 0 saturated carbocycles. The third-order valence-corrected chi connectivity index (χ3v) is 5.37. The van der Waals surface area contributed by atoms with Crippen molar-refractivity contribution in [1.82, 2.24) is 4.98 Å². The van der Waals surface area contributed by atoms with Gasteiger partial charge in [0.15, 0.2) is 0 Å². The average molecular weight is 400 g/mol. The molecule has 138 valence electrons. The second kappa shape index (κ2) is 8.84. The van der Waals surface area contributed by atoms with Gasteiger partial charge in [0.1, 0.15) is 17.4 Å². The van der Waals surface area contributed by atoms with Crippen LogP contribution >= 0.6 is 22.9 Å². The third kappa shape index (κ3) is 5.18.